The molecule has 0 spiro atoms. The van der Waals surface area contributed by atoms with Crippen molar-refractivity contribution in [2.75, 3.05) is 9.80 Å². The lowest BCUT2D eigenvalue weighted by Gasteiger charge is -2.43. The SMILES string of the molecule is Cc1ccc(N(c2ccc(C)cc2)c2ccc(C=CC3(N(c4ccc(C)cc4)c4ccc(C)cc4)C=CC(C#Cc4ccccc4)=CC3)cc2)cc1. The van der Waals surface area contributed by atoms with Crippen LogP contribution in [0, 0.1) is 39.5 Å². The van der Waals surface area contributed by atoms with Crippen molar-refractivity contribution < 1.29 is 0 Å². The first-order valence-electron chi connectivity index (χ1n) is 18.0. The van der Waals surface area contributed by atoms with Crippen molar-refractivity contribution in [1.82, 2.24) is 0 Å². The van der Waals surface area contributed by atoms with E-state index in [1.54, 1.807) is 0 Å². The zero-order valence-electron chi connectivity index (χ0n) is 30.4. The van der Waals surface area contributed by atoms with E-state index in [1.165, 1.54) is 22.3 Å². The Labute approximate surface area is 309 Å². The summed E-state index contributed by atoms with van der Waals surface area (Å²) in [5, 5.41) is 0. The number of allylic oxidation sites excluding steroid dienone is 2. The second-order valence-corrected chi connectivity index (χ2v) is 13.7. The average Bonchev–Trinajstić information content (AvgIpc) is 3.18. The van der Waals surface area contributed by atoms with E-state index in [0.29, 0.717) is 0 Å². The summed E-state index contributed by atoms with van der Waals surface area (Å²) in [5.41, 5.74) is 13.3. The number of anilines is 5. The Morgan fingerprint density at radius 1 is 0.500 bits per heavy atom. The highest BCUT2D eigenvalue weighted by atomic mass is 15.2. The smallest absolute Gasteiger partial charge is 0.0858 e. The molecule has 0 bridgehead atoms. The maximum atomic E-state index is 3.41. The van der Waals surface area contributed by atoms with Crippen LogP contribution in [0.25, 0.3) is 6.08 Å². The standard InChI is InChI=1S/C50H44N2/c1-38-10-22-45(23-11-38)51(46-24-12-39(2)13-25-46)47-30-20-43(21-31-47)32-35-50(36-33-44(34-37-50)19-18-42-8-6-5-7-9-42)52(48-26-14-40(3)15-27-48)49-28-16-41(4)17-29-49/h5-17,20-36H,37H2,1-4H3. The summed E-state index contributed by atoms with van der Waals surface area (Å²) in [4.78, 5) is 4.78. The van der Waals surface area contributed by atoms with E-state index >= 15 is 0 Å². The van der Waals surface area contributed by atoms with Crippen LogP contribution < -0.4 is 9.80 Å². The lowest BCUT2D eigenvalue weighted by Crippen LogP contribution is -2.43. The van der Waals surface area contributed by atoms with Gasteiger partial charge in [0.2, 0.25) is 0 Å². The molecule has 0 saturated heterocycles. The van der Waals surface area contributed by atoms with E-state index in [0.717, 1.165) is 51.6 Å². The molecule has 6 aromatic carbocycles. The first-order valence-corrected chi connectivity index (χ1v) is 18.0. The van der Waals surface area contributed by atoms with Crippen LogP contribution >= 0.6 is 0 Å². The van der Waals surface area contributed by atoms with Crippen molar-refractivity contribution in [3.8, 4) is 11.8 Å². The number of nitrogens with zero attached hydrogens (tertiary/aromatic N) is 2. The average molecular weight is 673 g/mol. The fraction of sp³-hybridized carbons (Fsp3) is 0.120. The maximum absolute atomic E-state index is 3.41. The molecule has 0 N–H and O–H groups in total. The summed E-state index contributed by atoms with van der Waals surface area (Å²) in [6.45, 7) is 8.53. The maximum Gasteiger partial charge on any atom is 0.0858 e. The van der Waals surface area contributed by atoms with Crippen LogP contribution in [0.2, 0.25) is 0 Å². The monoisotopic (exact) mass is 672 g/mol. The quantitative estimate of drug-likeness (QED) is 0.149. The van der Waals surface area contributed by atoms with E-state index in [1.807, 2.05) is 18.2 Å². The van der Waals surface area contributed by atoms with Gasteiger partial charge in [-0.1, -0.05) is 137 Å². The van der Waals surface area contributed by atoms with Gasteiger partial charge in [-0.25, -0.2) is 0 Å². The van der Waals surface area contributed by atoms with Crippen LogP contribution in [0.3, 0.4) is 0 Å². The van der Waals surface area contributed by atoms with Crippen molar-refractivity contribution >= 4 is 34.5 Å². The molecule has 0 aromatic heterocycles. The van der Waals surface area contributed by atoms with Gasteiger partial charge in [0.15, 0.2) is 0 Å². The Bertz CT molecular complexity index is 2170. The molecular formula is C50H44N2. The molecule has 254 valence electrons. The normalized spacial score (nSPS) is 15.1. The fourth-order valence-electron chi connectivity index (χ4n) is 6.59. The van der Waals surface area contributed by atoms with Gasteiger partial charge in [0.1, 0.15) is 0 Å². The molecule has 7 rings (SSSR count). The second-order valence-electron chi connectivity index (χ2n) is 13.7. The van der Waals surface area contributed by atoms with Gasteiger partial charge in [-0.2, -0.15) is 0 Å². The molecule has 1 atom stereocenters. The Morgan fingerprint density at radius 3 is 1.38 bits per heavy atom. The van der Waals surface area contributed by atoms with Crippen LogP contribution in [0.4, 0.5) is 28.4 Å². The van der Waals surface area contributed by atoms with Gasteiger partial charge in [-0.3, -0.25) is 0 Å². The number of benzene rings is 6. The van der Waals surface area contributed by atoms with Gasteiger partial charge in [0.25, 0.3) is 0 Å². The molecule has 52 heavy (non-hydrogen) atoms. The summed E-state index contributed by atoms with van der Waals surface area (Å²) in [5.74, 6) is 6.75. The molecule has 0 aliphatic heterocycles. The van der Waals surface area contributed by atoms with E-state index in [-0.39, 0.29) is 0 Å². The van der Waals surface area contributed by atoms with Crippen LogP contribution in [0.15, 0.2) is 182 Å². The van der Waals surface area contributed by atoms with Crippen LogP contribution in [-0.4, -0.2) is 5.54 Å². The molecule has 0 radical (unpaired) electrons. The summed E-state index contributed by atoms with van der Waals surface area (Å²) >= 11 is 0. The third-order valence-corrected chi connectivity index (χ3v) is 9.63. The Kier molecular flexibility index (Phi) is 10.1. The minimum absolute atomic E-state index is 0.475. The molecular weight excluding hydrogens is 629 g/mol. The van der Waals surface area contributed by atoms with E-state index in [9.17, 15) is 0 Å². The molecule has 0 fully saturated rings. The first kappa shape index (κ1) is 34.2. The number of hydrogen-bond acceptors (Lipinski definition) is 2. The summed E-state index contributed by atoms with van der Waals surface area (Å²) in [7, 11) is 0. The van der Waals surface area contributed by atoms with Gasteiger partial charge in [-0.15, -0.1) is 0 Å². The first-order chi connectivity index (χ1) is 25.3. The zero-order chi connectivity index (χ0) is 35.9. The van der Waals surface area contributed by atoms with Crippen molar-refractivity contribution in [3.05, 3.63) is 215 Å². The molecule has 1 aliphatic carbocycles. The second kappa shape index (κ2) is 15.3. The molecule has 0 saturated carbocycles. The van der Waals surface area contributed by atoms with Crippen molar-refractivity contribution in [2.24, 2.45) is 0 Å². The third-order valence-electron chi connectivity index (χ3n) is 9.63. The van der Waals surface area contributed by atoms with Crippen LogP contribution in [-0.2, 0) is 0 Å². The fourth-order valence-corrected chi connectivity index (χ4v) is 6.59. The number of hydrogen-bond donors (Lipinski definition) is 0. The molecule has 1 unspecified atom stereocenters. The molecule has 0 amide bonds. The lowest BCUT2D eigenvalue weighted by atomic mass is 9.84. The van der Waals surface area contributed by atoms with Crippen molar-refractivity contribution in [1.29, 1.82) is 0 Å². The minimum atomic E-state index is -0.475. The lowest BCUT2D eigenvalue weighted by molar-refractivity contribution is 0.635. The topological polar surface area (TPSA) is 6.48 Å². The molecule has 0 heterocycles. The van der Waals surface area contributed by atoms with E-state index in [4.69, 9.17) is 0 Å². The van der Waals surface area contributed by atoms with Crippen LogP contribution in [0.1, 0.15) is 39.8 Å². The van der Waals surface area contributed by atoms with Gasteiger partial charge in [0, 0.05) is 39.6 Å². The van der Waals surface area contributed by atoms with Crippen LogP contribution in [0.5, 0.6) is 0 Å². The minimum Gasteiger partial charge on any atom is -0.328 e. The molecule has 2 nitrogen and oxygen atoms in total. The largest absolute Gasteiger partial charge is 0.328 e. The van der Waals surface area contributed by atoms with Crippen molar-refractivity contribution in [2.45, 2.75) is 39.7 Å². The zero-order valence-corrected chi connectivity index (χ0v) is 30.4. The summed E-state index contributed by atoms with van der Waals surface area (Å²) < 4.78 is 0. The highest BCUT2D eigenvalue weighted by molar-refractivity contribution is 5.78. The van der Waals surface area contributed by atoms with E-state index < -0.39 is 5.54 Å². The summed E-state index contributed by atoms with van der Waals surface area (Å²) in [6, 6.07) is 54.2. The predicted molar refractivity (Wildman–Crippen MR) is 222 cm³/mol. The van der Waals surface area contributed by atoms with Gasteiger partial charge in [0.05, 0.1) is 5.54 Å². The number of rotatable bonds is 8. The Balaban J connectivity index is 1.27. The van der Waals surface area contributed by atoms with Gasteiger partial charge >= 0.3 is 0 Å². The Hall–Kier alpha value is -6.30. The van der Waals surface area contributed by atoms with E-state index in [2.05, 4.69) is 213 Å². The Morgan fingerprint density at radius 2 is 0.942 bits per heavy atom. The molecule has 1 aliphatic rings. The van der Waals surface area contributed by atoms with Gasteiger partial charge in [-0.05, 0) is 119 Å². The number of aryl methyl sites for hydroxylation is 4. The molecule has 2 heteroatoms. The highest BCUT2D eigenvalue weighted by Gasteiger charge is 2.34. The summed E-state index contributed by atoms with van der Waals surface area (Å²) in [6.07, 6.45) is 12.2. The highest BCUT2D eigenvalue weighted by Crippen LogP contribution is 2.41. The van der Waals surface area contributed by atoms with Crippen molar-refractivity contribution in [3.63, 3.8) is 0 Å². The third kappa shape index (κ3) is 7.86. The van der Waals surface area contributed by atoms with Gasteiger partial charge < -0.3 is 9.80 Å². The predicted octanol–water partition coefficient (Wildman–Crippen LogP) is 12.9. The molecule has 6 aromatic rings.